The molecular formula is C6H11ClO2. The van der Waals surface area contributed by atoms with Crippen molar-refractivity contribution < 1.29 is 9.47 Å². The molecule has 0 aliphatic carbocycles. The molecule has 0 fully saturated rings. The van der Waals surface area contributed by atoms with Crippen molar-refractivity contribution in [1.82, 2.24) is 0 Å². The van der Waals surface area contributed by atoms with Crippen LogP contribution in [0.25, 0.3) is 0 Å². The van der Waals surface area contributed by atoms with E-state index in [1.165, 1.54) is 0 Å². The van der Waals surface area contributed by atoms with Crippen LogP contribution in [0.4, 0.5) is 0 Å². The van der Waals surface area contributed by atoms with Crippen molar-refractivity contribution in [2.75, 3.05) is 25.9 Å². The lowest BCUT2D eigenvalue weighted by Gasteiger charge is -1.98. The Balaban J connectivity index is 2.66. The summed E-state index contributed by atoms with van der Waals surface area (Å²) in [7, 11) is 0. The average Bonchev–Trinajstić information content (AvgIpc) is 1.89. The topological polar surface area (TPSA) is 18.5 Å². The lowest BCUT2D eigenvalue weighted by Crippen LogP contribution is -2.02. The molecule has 0 aliphatic heterocycles. The summed E-state index contributed by atoms with van der Waals surface area (Å²) in [6.45, 7) is 5.20. The first-order valence-corrected chi connectivity index (χ1v) is 3.27. The van der Waals surface area contributed by atoms with Crippen molar-refractivity contribution in [3.63, 3.8) is 0 Å². The maximum Gasteiger partial charge on any atom is 0.120 e. The van der Waals surface area contributed by atoms with Gasteiger partial charge in [-0.2, -0.15) is 0 Å². The van der Waals surface area contributed by atoms with Gasteiger partial charge in [-0.25, -0.2) is 0 Å². The summed E-state index contributed by atoms with van der Waals surface area (Å²) < 4.78 is 9.77. The third kappa shape index (κ3) is 7.95. The molecule has 0 N–H and O–H groups in total. The van der Waals surface area contributed by atoms with Gasteiger partial charge in [0.05, 0.1) is 19.8 Å². The predicted molar refractivity (Wildman–Crippen MR) is 37.7 cm³/mol. The summed E-state index contributed by atoms with van der Waals surface area (Å²) in [6, 6.07) is 0.234. The monoisotopic (exact) mass is 150 g/mol. The van der Waals surface area contributed by atoms with Gasteiger partial charge >= 0.3 is 0 Å². The summed E-state index contributed by atoms with van der Waals surface area (Å²) >= 11 is 5.22. The normalized spacial score (nSPS) is 9.44. The van der Waals surface area contributed by atoms with E-state index in [-0.39, 0.29) is 6.07 Å². The maximum absolute atomic E-state index is 5.22. The second-order valence-electron chi connectivity index (χ2n) is 1.38. The fourth-order valence-electron chi connectivity index (χ4n) is 0.339. The van der Waals surface area contributed by atoms with Crippen LogP contribution in [0, 0.1) is 0 Å². The Kier molecular flexibility index (Phi) is 7.91. The van der Waals surface area contributed by atoms with Crippen LogP contribution in [0.2, 0.25) is 0 Å². The lowest BCUT2D eigenvalue weighted by atomic mass is 10.7. The van der Waals surface area contributed by atoms with Gasteiger partial charge in [0.1, 0.15) is 6.07 Å². The summed E-state index contributed by atoms with van der Waals surface area (Å²) in [5, 5.41) is 0. The molecule has 2 nitrogen and oxygen atoms in total. The zero-order valence-electron chi connectivity index (χ0n) is 5.31. The minimum absolute atomic E-state index is 0.234. The zero-order chi connectivity index (χ0) is 6.95. The van der Waals surface area contributed by atoms with Gasteiger partial charge in [-0.3, -0.25) is 0 Å². The van der Waals surface area contributed by atoms with E-state index in [0.29, 0.717) is 19.8 Å². The minimum atomic E-state index is 0.234. The van der Waals surface area contributed by atoms with Crippen LogP contribution in [0.3, 0.4) is 0 Å². The molecule has 9 heavy (non-hydrogen) atoms. The van der Waals surface area contributed by atoms with E-state index in [1.54, 1.807) is 6.08 Å². The molecule has 54 valence electrons. The smallest absolute Gasteiger partial charge is 0.120 e. The predicted octanol–water partition coefficient (Wildman–Crippen LogP) is 1.40. The molecule has 0 aromatic heterocycles. The van der Waals surface area contributed by atoms with Gasteiger partial charge in [0, 0.05) is 0 Å². The minimum Gasteiger partial charge on any atom is -0.375 e. The van der Waals surface area contributed by atoms with E-state index in [1.807, 2.05) is 0 Å². The SMILES string of the molecule is C=CCOCCOCCl. The molecule has 0 aliphatic rings. The van der Waals surface area contributed by atoms with Gasteiger partial charge in [-0.05, 0) is 0 Å². The number of ether oxygens (including phenoxy) is 2. The largest absolute Gasteiger partial charge is 0.375 e. The van der Waals surface area contributed by atoms with E-state index in [9.17, 15) is 0 Å². The van der Waals surface area contributed by atoms with Gasteiger partial charge in [-0.1, -0.05) is 17.7 Å². The first-order valence-electron chi connectivity index (χ1n) is 2.74. The number of rotatable bonds is 6. The number of hydrogen-bond acceptors (Lipinski definition) is 2. The molecular weight excluding hydrogens is 140 g/mol. The third-order valence-electron chi connectivity index (χ3n) is 0.685. The Morgan fingerprint density at radius 3 is 2.56 bits per heavy atom. The van der Waals surface area contributed by atoms with Gasteiger partial charge in [0.2, 0.25) is 0 Å². The molecule has 0 atom stereocenters. The van der Waals surface area contributed by atoms with Crippen LogP contribution in [0.1, 0.15) is 0 Å². The molecule has 0 bridgehead atoms. The summed E-state index contributed by atoms with van der Waals surface area (Å²) in [4.78, 5) is 0. The number of alkyl halides is 1. The van der Waals surface area contributed by atoms with Crippen molar-refractivity contribution in [1.29, 1.82) is 0 Å². The Labute approximate surface area is 60.4 Å². The van der Waals surface area contributed by atoms with Crippen molar-refractivity contribution in [2.24, 2.45) is 0 Å². The van der Waals surface area contributed by atoms with Crippen molar-refractivity contribution >= 4 is 11.6 Å². The molecule has 0 aromatic rings. The van der Waals surface area contributed by atoms with Crippen LogP contribution in [0.15, 0.2) is 12.7 Å². The zero-order valence-corrected chi connectivity index (χ0v) is 6.06. The quantitative estimate of drug-likeness (QED) is 0.324. The lowest BCUT2D eigenvalue weighted by molar-refractivity contribution is 0.0779. The third-order valence-corrected chi connectivity index (χ3v) is 0.839. The first-order chi connectivity index (χ1) is 4.41. The second-order valence-corrected chi connectivity index (χ2v) is 1.60. The molecule has 0 saturated heterocycles. The van der Waals surface area contributed by atoms with Gasteiger partial charge in [0.15, 0.2) is 0 Å². The maximum atomic E-state index is 5.22. The molecule has 3 heteroatoms. The highest BCUT2D eigenvalue weighted by Crippen LogP contribution is 1.80. The highest BCUT2D eigenvalue weighted by Gasteiger charge is 1.83. The molecule has 0 heterocycles. The van der Waals surface area contributed by atoms with E-state index in [0.717, 1.165) is 0 Å². The standard InChI is InChI=1S/C6H11ClO2/c1-2-3-8-4-5-9-6-7/h2H,1,3-6H2. The van der Waals surface area contributed by atoms with Crippen LogP contribution in [-0.4, -0.2) is 25.9 Å². The van der Waals surface area contributed by atoms with Crippen molar-refractivity contribution in [3.8, 4) is 0 Å². The molecule has 0 amide bonds. The second kappa shape index (κ2) is 7.95. The Morgan fingerprint density at radius 1 is 1.33 bits per heavy atom. The van der Waals surface area contributed by atoms with Crippen LogP contribution in [0.5, 0.6) is 0 Å². The number of halogens is 1. The number of hydrogen-bond donors (Lipinski definition) is 0. The van der Waals surface area contributed by atoms with Gasteiger partial charge in [-0.15, -0.1) is 6.58 Å². The summed E-state index contributed by atoms with van der Waals surface area (Å²) in [6.07, 6.45) is 1.70. The van der Waals surface area contributed by atoms with Crippen molar-refractivity contribution in [3.05, 3.63) is 12.7 Å². The van der Waals surface area contributed by atoms with Crippen molar-refractivity contribution in [2.45, 2.75) is 0 Å². The van der Waals surface area contributed by atoms with Crippen LogP contribution in [-0.2, 0) is 9.47 Å². The molecule has 0 rings (SSSR count). The summed E-state index contributed by atoms with van der Waals surface area (Å²) in [5.74, 6) is 0. The highest BCUT2D eigenvalue weighted by molar-refractivity contribution is 6.17. The first kappa shape index (κ1) is 8.95. The molecule has 0 spiro atoms. The molecule has 0 saturated carbocycles. The van der Waals surface area contributed by atoms with Crippen LogP contribution >= 0.6 is 11.6 Å². The van der Waals surface area contributed by atoms with E-state index < -0.39 is 0 Å². The Hall–Kier alpha value is -0.0500. The molecule has 0 aromatic carbocycles. The summed E-state index contributed by atoms with van der Waals surface area (Å²) in [5.41, 5.74) is 0. The van der Waals surface area contributed by atoms with Gasteiger partial charge in [0.25, 0.3) is 0 Å². The van der Waals surface area contributed by atoms with E-state index in [2.05, 4.69) is 6.58 Å². The highest BCUT2D eigenvalue weighted by atomic mass is 35.5. The van der Waals surface area contributed by atoms with Gasteiger partial charge < -0.3 is 9.47 Å². The van der Waals surface area contributed by atoms with E-state index in [4.69, 9.17) is 21.1 Å². The fraction of sp³-hybridized carbons (Fsp3) is 0.667. The average molecular weight is 151 g/mol. The Morgan fingerprint density at radius 2 is 2.00 bits per heavy atom. The molecule has 0 unspecified atom stereocenters. The Bertz CT molecular complexity index is 66.1. The molecule has 0 radical (unpaired) electrons. The fourth-order valence-corrected chi connectivity index (χ4v) is 0.448. The van der Waals surface area contributed by atoms with Crippen LogP contribution < -0.4 is 0 Å². The van der Waals surface area contributed by atoms with E-state index >= 15 is 0 Å².